The molecule has 6 nitrogen and oxygen atoms in total. The molecule has 2 aromatic rings. The number of benzene rings is 1. The zero-order valence-electron chi connectivity index (χ0n) is 13.9. The van der Waals surface area contributed by atoms with Gasteiger partial charge in [0, 0.05) is 26.2 Å². The van der Waals surface area contributed by atoms with Gasteiger partial charge in [0.2, 0.25) is 5.91 Å². The van der Waals surface area contributed by atoms with Crippen molar-refractivity contribution >= 4 is 23.4 Å². The monoisotopic (exact) mass is 362 g/mol. The molecular formula is C18H19ClN2O4. The van der Waals surface area contributed by atoms with E-state index in [9.17, 15) is 9.59 Å². The van der Waals surface area contributed by atoms with Crippen LogP contribution >= 0.6 is 11.6 Å². The molecule has 7 heteroatoms. The summed E-state index contributed by atoms with van der Waals surface area (Å²) >= 11 is 6.10. The summed E-state index contributed by atoms with van der Waals surface area (Å²) in [6.07, 6.45) is 1.75. The number of carbonyl (C=O) groups is 2. The molecule has 0 radical (unpaired) electrons. The van der Waals surface area contributed by atoms with Gasteiger partial charge >= 0.3 is 0 Å². The summed E-state index contributed by atoms with van der Waals surface area (Å²) in [7, 11) is 1.55. The molecule has 1 aliphatic rings. The van der Waals surface area contributed by atoms with Crippen LogP contribution in [0.5, 0.6) is 5.75 Å². The van der Waals surface area contributed by atoms with Crippen LogP contribution in [0.15, 0.2) is 41.0 Å². The number of hydrogen-bond acceptors (Lipinski definition) is 4. The van der Waals surface area contributed by atoms with Crippen molar-refractivity contribution in [3.8, 4) is 5.75 Å². The molecule has 0 aliphatic carbocycles. The van der Waals surface area contributed by atoms with Gasteiger partial charge in [-0.1, -0.05) is 17.7 Å². The first kappa shape index (κ1) is 17.4. The highest BCUT2D eigenvalue weighted by atomic mass is 35.5. The Morgan fingerprint density at radius 3 is 2.48 bits per heavy atom. The molecule has 3 rings (SSSR count). The summed E-state index contributed by atoms with van der Waals surface area (Å²) < 4.78 is 10.3. The fourth-order valence-electron chi connectivity index (χ4n) is 2.82. The first-order valence-corrected chi connectivity index (χ1v) is 8.39. The lowest BCUT2D eigenvalue weighted by atomic mass is 10.1. The number of halogens is 1. The molecule has 2 amide bonds. The van der Waals surface area contributed by atoms with Gasteiger partial charge in [-0.2, -0.15) is 0 Å². The first-order chi connectivity index (χ1) is 12.1. The number of carbonyl (C=O) groups excluding carboxylic acids is 2. The zero-order valence-corrected chi connectivity index (χ0v) is 14.7. The summed E-state index contributed by atoms with van der Waals surface area (Å²) in [6.45, 7) is 2.01. The van der Waals surface area contributed by atoms with Crippen LogP contribution in [0.25, 0.3) is 0 Å². The van der Waals surface area contributed by atoms with Crippen LogP contribution in [0.3, 0.4) is 0 Å². The second-order valence-corrected chi connectivity index (χ2v) is 6.20. The predicted octanol–water partition coefficient (Wildman–Crippen LogP) is 2.47. The van der Waals surface area contributed by atoms with Crippen LogP contribution in [0, 0.1) is 0 Å². The Bertz CT molecular complexity index is 752. The van der Waals surface area contributed by atoms with Crippen molar-refractivity contribution in [2.75, 3.05) is 33.3 Å². The number of furan rings is 1. The average molecular weight is 363 g/mol. The van der Waals surface area contributed by atoms with E-state index in [0.29, 0.717) is 42.7 Å². The molecule has 0 saturated carbocycles. The Morgan fingerprint density at radius 1 is 1.16 bits per heavy atom. The minimum atomic E-state index is -0.140. The van der Waals surface area contributed by atoms with E-state index >= 15 is 0 Å². The lowest BCUT2D eigenvalue weighted by molar-refractivity contribution is -0.131. The van der Waals surface area contributed by atoms with Gasteiger partial charge < -0.3 is 19.0 Å². The van der Waals surface area contributed by atoms with Gasteiger partial charge in [-0.05, 0) is 29.8 Å². The van der Waals surface area contributed by atoms with Gasteiger partial charge in [-0.3, -0.25) is 9.59 Å². The molecule has 0 atom stereocenters. The minimum absolute atomic E-state index is 0.0198. The van der Waals surface area contributed by atoms with E-state index in [1.165, 1.54) is 6.26 Å². The SMILES string of the molecule is COc1ccc(CC(=O)N2CCN(C(=O)c3ccco3)CC2)cc1Cl. The molecule has 1 fully saturated rings. The number of nitrogens with zero attached hydrogens (tertiary/aromatic N) is 2. The van der Waals surface area contributed by atoms with Crippen molar-refractivity contribution < 1.29 is 18.7 Å². The lowest BCUT2D eigenvalue weighted by Gasteiger charge is -2.34. The number of piperazine rings is 1. The minimum Gasteiger partial charge on any atom is -0.495 e. The Morgan fingerprint density at radius 2 is 1.88 bits per heavy atom. The molecular weight excluding hydrogens is 344 g/mol. The maximum absolute atomic E-state index is 12.5. The van der Waals surface area contributed by atoms with E-state index in [4.69, 9.17) is 20.8 Å². The normalized spacial score (nSPS) is 14.5. The van der Waals surface area contributed by atoms with Crippen molar-refractivity contribution in [2.24, 2.45) is 0 Å². The van der Waals surface area contributed by atoms with Gasteiger partial charge in [-0.15, -0.1) is 0 Å². The summed E-state index contributed by atoms with van der Waals surface area (Å²) in [5.41, 5.74) is 0.838. The van der Waals surface area contributed by atoms with Crippen molar-refractivity contribution in [3.05, 3.63) is 52.9 Å². The number of hydrogen-bond donors (Lipinski definition) is 0. The predicted molar refractivity (Wildman–Crippen MR) is 92.9 cm³/mol. The summed E-state index contributed by atoms with van der Waals surface area (Å²) in [5, 5.41) is 0.488. The van der Waals surface area contributed by atoms with Crippen molar-refractivity contribution in [1.29, 1.82) is 0 Å². The third kappa shape index (κ3) is 3.96. The van der Waals surface area contributed by atoms with Crippen LogP contribution in [0.1, 0.15) is 16.1 Å². The molecule has 0 bridgehead atoms. The Balaban J connectivity index is 1.55. The second kappa shape index (κ2) is 7.61. The number of ether oxygens (including phenoxy) is 1. The largest absolute Gasteiger partial charge is 0.495 e. The third-order valence-electron chi connectivity index (χ3n) is 4.22. The quantitative estimate of drug-likeness (QED) is 0.838. The van der Waals surface area contributed by atoms with Gasteiger partial charge in [0.25, 0.3) is 5.91 Å². The van der Waals surface area contributed by atoms with Crippen LogP contribution in [0.4, 0.5) is 0 Å². The highest BCUT2D eigenvalue weighted by Crippen LogP contribution is 2.25. The summed E-state index contributed by atoms with van der Waals surface area (Å²) in [6, 6.07) is 8.67. The number of rotatable bonds is 4. The number of amides is 2. The molecule has 132 valence electrons. The standard InChI is InChI=1S/C18H19ClN2O4/c1-24-15-5-4-13(11-14(15)19)12-17(22)20-6-8-21(9-7-20)18(23)16-3-2-10-25-16/h2-5,10-11H,6-9,12H2,1H3. The highest BCUT2D eigenvalue weighted by Gasteiger charge is 2.26. The first-order valence-electron chi connectivity index (χ1n) is 8.01. The molecule has 25 heavy (non-hydrogen) atoms. The van der Waals surface area contributed by atoms with E-state index in [-0.39, 0.29) is 18.2 Å². The van der Waals surface area contributed by atoms with E-state index in [1.807, 2.05) is 6.07 Å². The van der Waals surface area contributed by atoms with Crippen LogP contribution in [-0.4, -0.2) is 54.9 Å². The van der Waals surface area contributed by atoms with E-state index < -0.39 is 0 Å². The molecule has 2 heterocycles. The molecule has 1 saturated heterocycles. The van der Waals surface area contributed by atoms with Crippen molar-refractivity contribution in [1.82, 2.24) is 9.80 Å². The highest BCUT2D eigenvalue weighted by molar-refractivity contribution is 6.32. The summed E-state index contributed by atoms with van der Waals surface area (Å²) in [4.78, 5) is 28.2. The maximum Gasteiger partial charge on any atom is 0.289 e. The molecule has 1 aliphatic heterocycles. The second-order valence-electron chi connectivity index (χ2n) is 5.80. The Hall–Kier alpha value is -2.47. The third-order valence-corrected chi connectivity index (χ3v) is 4.52. The topological polar surface area (TPSA) is 63.0 Å². The smallest absolute Gasteiger partial charge is 0.289 e. The maximum atomic E-state index is 12.5. The lowest BCUT2D eigenvalue weighted by Crippen LogP contribution is -2.50. The molecule has 1 aromatic heterocycles. The van der Waals surface area contributed by atoms with Crippen molar-refractivity contribution in [2.45, 2.75) is 6.42 Å². The van der Waals surface area contributed by atoms with E-state index in [1.54, 1.807) is 41.2 Å². The van der Waals surface area contributed by atoms with Gasteiger partial charge in [0.05, 0.1) is 24.8 Å². The number of methoxy groups -OCH3 is 1. The molecule has 0 spiro atoms. The fraction of sp³-hybridized carbons (Fsp3) is 0.333. The van der Waals surface area contributed by atoms with Crippen LogP contribution < -0.4 is 4.74 Å². The zero-order chi connectivity index (χ0) is 17.8. The average Bonchev–Trinajstić information content (AvgIpc) is 3.16. The van der Waals surface area contributed by atoms with Gasteiger partial charge in [-0.25, -0.2) is 0 Å². The molecule has 1 aromatic carbocycles. The molecule has 0 N–H and O–H groups in total. The molecule has 0 unspecified atom stereocenters. The Kier molecular flexibility index (Phi) is 5.28. The van der Waals surface area contributed by atoms with Gasteiger partial charge in [0.1, 0.15) is 5.75 Å². The van der Waals surface area contributed by atoms with E-state index in [0.717, 1.165) is 5.56 Å². The van der Waals surface area contributed by atoms with Crippen molar-refractivity contribution in [3.63, 3.8) is 0 Å². The van der Waals surface area contributed by atoms with E-state index in [2.05, 4.69) is 0 Å². The van der Waals surface area contributed by atoms with Crippen LogP contribution in [-0.2, 0) is 11.2 Å². The Labute approximate surface area is 150 Å². The fourth-order valence-corrected chi connectivity index (χ4v) is 3.10. The van der Waals surface area contributed by atoms with Crippen LogP contribution in [0.2, 0.25) is 5.02 Å². The van der Waals surface area contributed by atoms with Gasteiger partial charge in [0.15, 0.2) is 5.76 Å². The summed E-state index contributed by atoms with van der Waals surface area (Å²) in [5.74, 6) is 0.793.